The highest BCUT2D eigenvalue weighted by molar-refractivity contribution is 7.17. The van der Waals surface area contributed by atoms with Gasteiger partial charge in [0.05, 0.1) is 4.88 Å². The van der Waals surface area contributed by atoms with Crippen molar-refractivity contribution in [3.8, 4) is 16.2 Å². The van der Waals surface area contributed by atoms with Crippen molar-refractivity contribution < 1.29 is 19.4 Å². The number of amides is 1. The van der Waals surface area contributed by atoms with Gasteiger partial charge < -0.3 is 15.2 Å². The minimum absolute atomic E-state index is 0.0232. The van der Waals surface area contributed by atoms with Crippen LogP contribution in [0.5, 0.6) is 5.75 Å². The van der Waals surface area contributed by atoms with E-state index in [1.54, 1.807) is 0 Å². The molecule has 24 heavy (non-hydrogen) atoms. The third-order valence-electron chi connectivity index (χ3n) is 3.96. The molecule has 1 aromatic carbocycles. The molecule has 6 heteroatoms. The maximum Gasteiger partial charge on any atom is 0.303 e. The molecule has 0 bridgehead atoms. The Hall–Kier alpha value is -2.34. The molecule has 1 aliphatic rings. The maximum atomic E-state index is 12.5. The molecule has 1 aliphatic heterocycles. The van der Waals surface area contributed by atoms with Gasteiger partial charge in [-0.1, -0.05) is 12.1 Å². The van der Waals surface area contributed by atoms with Crippen LogP contribution >= 0.6 is 11.3 Å². The van der Waals surface area contributed by atoms with Crippen molar-refractivity contribution in [2.45, 2.75) is 38.8 Å². The van der Waals surface area contributed by atoms with E-state index in [2.05, 4.69) is 5.32 Å². The van der Waals surface area contributed by atoms with Gasteiger partial charge in [0.25, 0.3) is 5.91 Å². The molecule has 0 fully saturated rings. The number of carbonyl (C=O) groups excluding carboxylic acids is 1. The van der Waals surface area contributed by atoms with Gasteiger partial charge >= 0.3 is 5.97 Å². The number of hydrogen-bond donors (Lipinski definition) is 2. The molecular formula is C18H19NO4S. The summed E-state index contributed by atoms with van der Waals surface area (Å²) in [6, 6.07) is 9.65. The number of benzene rings is 1. The average molecular weight is 345 g/mol. The van der Waals surface area contributed by atoms with Crippen molar-refractivity contribution in [1.82, 2.24) is 5.32 Å². The van der Waals surface area contributed by atoms with Gasteiger partial charge in [0.2, 0.25) is 0 Å². The zero-order valence-electron chi connectivity index (χ0n) is 13.6. The molecule has 5 nitrogen and oxygen atoms in total. The lowest BCUT2D eigenvalue weighted by atomic mass is 9.98. The van der Waals surface area contributed by atoms with E-state index in [-0.39, 0.29) is 12.3 Å². The first-order chi connectivity index (χ1) is 11.4. The normalized spacial score (nSPS) is 12.8. The quantitative estimate of drug-likeness (QED) is 0.867. The second-order valence-corrected chi connectivity index (χ2v) is 7.53. The Morgan fingerprint density at radius 1 is 1.33 bits per heavy atom. The molecule has 2 heterocycles. The van der Waals surface area contributed by atoms with Crippen LogP contribution in [0, 0.1) is 0 Å². The number of rotatable bonds is 5. The van der Waals surface area contributed by atoms with E-state index >= 15 is 0 Å². The lowest BCUT2D eigenvalue weighted by Gasteiger charge is -2.25. The molecule has 0 saturated heterocycles. The maximum absolute atomic E-state index is 12.5. The summed E-state index contributed by atoms with van der Waals surface area (Å²) in [5.74, 6) is -0.208. The van der Waals surface area contributed by atoms with Crippen LogP contribution in [-0.2, 0) is 11.4 Å². The standard InChI is InChI=1S/C18H19NO4S/c1-18(2,8-7-15(20)21)19-17(22)14-9-11-10-23-13-6-4-3-5-12(13)16(11)24-14/h3-6,9H,7-8,10H2,1-2H3,(H,19,22)(H,20,21). The van der Waals surface area contributed by atoms with E-state index in [1.165, 1.54) is 11.3 Å². The number of hydrogen-bond acceptors (Lipinski definition) is 4. The van der Waals surface area contributed by atoms with Crippen LogP contribution in [0.25, 0.3) is 10.4 Å². The van der Waals surface area contributed by atoms with Crippen LogP contribution in [0.4, 0.5) is 0 Å². The fraction of sp³-hybridized carbons (Fsp3) is 0.333. The number of ether oxygens (including phenoxy) is 1. The number of carboxylic acids is 1. The number of aliphatic carboxylic acids is 1. The summed E-state index contributed by atoms with van der Waals surface area (Å²) in [4.78, 5) is 24.9. The highest BCUT2D eigenvalue weighted by atomic mass is 32.1. The number of thiophene rings is 1. The van der Waals surface area contributed by atoms with Gasteiger partial charge in [-0.2, -0.15) is 0 Å². The Balaban J connectivity index is 1.79. The van der Waals surface area contributed by atoms with Gasteiger partial charge in [-0.25, -0.2) is 0 Å². The monoisotopic (exact) mass is 345 g/mol. The van der Waals surface area contributed by atoms with Crippen molar-refractivity contribution in [2.75, 3.05) is 0 Å². The lowest BCUT2D eigenvalue weighted by molar-refractivity contribution is -0.137. The van der Waals surface area contributed by atoms with Crippen molar-refractivity contribution in [1.29, 1.82) is 0 Å². The molecule has 0 aliphatic carbocycles. The lowest BCUT2D eigenvalue weighted by Crippen LogP contribution is -2.43. The molecule has 0 radical (unpaired) electrons. The number of fused-ring (bicyclic) bond motifs is 3. The first-order valence-electron chi connectivity index (χ1n) is 7.75. The Kier molecular flexibility index (Phi) is 4.32. The molecule has 1 amide bonds. The largest absolute Gasteiger partial charge is 0.488 e. The Morgan fingerprint density at radius 2 is 2.08 bits per heavy atom. The van der Waals surface area contributed by atoms with Crippen molar-refractivity contribution >= 4 is 23.2 Å². The van der Waals surface area contributed by atoms with Gasteiger partial charge in [-0.15, -0.1) is 11.3 Å². The molecule has 2 aromatic rings. The summed E-state index contributed by atoms with van der Waals surface area (Å²) in [5, 5.41) is 11.7. The summed E-state index contributed by atoms with van der Waals surface area (Å²) in [6.45, 7) is 4.12. The summed E-state index contributed by atoms with van der Waals surface area (Å²) < 4.78 is 5.72. The number of carboxylic acid groups (broad SMARTS) is 1. The van der Waals surface area contributed by atoms with E-state index in [0.717, 1.165) is 21.8 Å². The molecule has 2 N–H and O–H groups in total. The summed E-state index contributed by atoms with van der Waals surface area (Å²) in [5.41, 5.74) is 1.44. The van der Waals surface area contributed by atoms with Crippen LogP contribution in [0.3, 0.4) is 0 Å². The molecule has 0 spiro atoms. The third-order valence-corrected chi connectivity index (χ3v) is 5.17. The van der Waals surface area contributed by atoms with Crippen LogP contribution in [-0.4, -0.2) is 22.5 Å². The Labute approximate surface area is 144 Å². The Morgan fingerprint density at radius 3 is 2.83 bits per heavy atom. The number of nitrogens with one attached hydrogen (secondary N) is 1. The molecule has 0 saturated carbocycles. The van der Waals surface area contributed by atoms with Crippen molar-refractivity contribution in [3.63, 3.8) is 0 Å². The van der Waals surface area contributed by atoms with E-state index in [0.29, 0.717) is 17.9 Å². The van der Waals surface area contributed by atoms with Crippen molar-refractivity contribution in [3.05, 3.63) is 40.8 Å². The van der Waals surface area contributed by atoms with Gasteiger partial charge in [0, 0.05) is 28.0 Å². The first kappa shape index (κ1) is 16.5. The minimum Gasteiger partial charge on any atom is -0.488 e. The molecule has 3 rings (SSSR count). The second kappa shape index (κ2) is 6.28. The zero-order valence-corrected chi connectivity index (χ0v) is 14.4. The number of carbonyl (C=O) groups is 2. The SMILES string of the molecule is CC(C)(CCC(=O)O)NC(=O)c1cc2c(s1)-c1ccccc1OC2. The van der Waals surface area contributed by atoms with Crippen LogP contribution in [0.1, 0.15) is 41.9 Å². The fourth-order valence-electron chi connectivity index (χ4n) is 2.66. The predicted molar refractivity (Wildman–Crippen MR) is 92.5 cm³/mol. The second-order valence-electron chi connectivity index (χ2n) is 6.48. The van der Waals surface area contributed by atoms with Gasteiger partial charge in [-0.3, -0.25) is 9.59 Å². The van der Waals surface area contributed by atoms with Crippen LogP contribution in [0.2, 0.25) is 0 Å². The highest BCUT2D eigenvalue weighted by Crippen LogP contribution is 2.42. The van der Waals surface area contributed by atoms with E-state index in [9.17, 15) is 9.59 Å². The van der Waals surface area contributed by atoms with E-state index < -0.39 is 11.5 Å². The van der Waals surface area contributed by atoms with Crippen molar-refractivity contribution in [2.24, 2.45) is 0 Å². The summed E-state index contributed by atoms with van der Waals surface area (Å²) in [7, 11) is 0. The predicted octanol–water partition coefficient (Wildman–Crippen LogP) is 3.68. The average Bonchev–Trinajstić information content (AvgIpc) is 2.97. The smallest absolute Gasteiger partial charge is 0.303 e. The Bertz CT molecular complexity index is 794. The molecule has 0 atom stereocenters. The first-order valence-corrected chi connectivity index (χ1v) is 8.56. The molecule has 1 aromatic heterocycles. The van der Waals surface area contributed by atoms with Gasteiger partial charge in [-0.05, 0) is 38.5 Å². The highest BCUT2D eigenvalue weighted by Gasteiger charge is 2.26. The van der Waals surface area contributed by atoms with E-state index in [4.69, 9.17) is 9.84 Å². The molecule has 126 valence electrons. The minimum atomic E-state index is -0.863. The topological polar surface area (TPSA) is 75.6 Å². The van der Waals surface area contributed by atoms with Crippen LogP contribution in [0.15, 0.2) is 30.3 Å². The summed E-state index contributed by atoms with van der Waals surface area (Å²) in [6.07, 6.45) is 0.403. The third kappa shape index (κ3) is 3.43. The van der Waals surface area contributed by atoms with E-state index in [1.807, 2.05) is 44.2 Å². The molecular weight excluding hydrogens is 326 g/mol. The fourth-order valence-corrected chi connectivity index (χ4v) is 3.75. The van der Waals surface area contributed by atoms with Crippen LogP contribution < -0.4 is 10.1 Å². The molecule has 0 unspecified atom stereocenters. The number of para-hydroxylation sites is 1. The zero-order chi connectivity index (χ0) is 17.3. The van der Waals surface area contributed by atoms with Gasteiger partial charge in [0.1, 0.15) is 12.4 Å². The summed E-state index contributed by atoms with van der Waals surface area (Å²) >= 11 is 1.44. The van der Waals surface area contributed by atoms with Gasteiger partial charge in [0.15, 0.2) is 0 Å².